The fourth-order valence-electron chi connectivity index (χ4n) is 2.99. The van der Waals surface area contributed by atoms with Gasteiger partial charge in [0.25, 0.3) is 0 Å². The van der Waals surface area contributed by atoms with Crippen LogP contribution in [0.5, 0.6) is 0 Å². The number of benzene rings is 2. The number of H-pyrrole nitrogens is 1. The molecule has 0 radical (unpaired) electrons. The van der Waals surface area contributed by atoms with Crippen molar-refractivity contribution in [2.24, 2.45) is 4.99 Å². The van der Waals surface area contributed by atoms with Crippen LogP contribution in [-0.2, 0) is 19.7 Å². The molecule has 0 aliphatic rings. The molecule has 6 nitrogen and oxygen atoms in total. The van der Waals surface area contributed by atoms with Crippen LogP contribution in [0, 0.1) is 5.82 Å². The van der Waals surface area contributed by atoms with Gasteiger partial charge in [0.05, 0.1) is 31.6 Å². The van der Waals surface area contributed by atoms with Gasteiger partial charge in [0, 0.05) is 19.2 Å². The topological polar surface area (TPSA) is 76.5 Å². The van der Waals surface area contributed by atoms with Crippen LogP contribution in [0.4, 0.5) is 4.39 Å². The molecule has 0 fully saturated rings. The smallest absolute Gasteiger partial charge is 0.194 e. The molecule has 0 spiro atoms. The molecule has 0 saturated carbocycles. The van der Waals surface area contributed by atoms with E-state index in [1.165, 1.54) is 6.07 Å². The van der Waals surface area contributed by atoms with E-state index >= 15 is 0 Å². The Morgan fingerprint density at radius 1 is 1.24 bits per heavy atom. The van der Waals surface area contributed by atoms with Crippen molar-refractivity contribution in [3.8, 4) is 11.3 Å². The van der Waals surface area contributed by atoms with Crippen LogP contribution in [-0.4, -0.2) is 39.5 Å². The van der Waals surface area contributed by atoms with Gasteiger partial charge in [0.15, 0.2) is 5.96 Å². The van der Waals surface area contributed by atoms with E-state index in [0.717, 1.165) is 35.1 Å². The van der Waals surface area contributed by atoms with Crippen molar-refractivity contribution in [3.05, 3.63) is 77.5 Å². The predicted molar refractivity (Wildman–Crippen MR) is 113 cm³/mol. The molecule has 0 amide bonds. The molecule has 0 aliphatic carbocycles. The molecule has 1 aromatic heterocycles. The second-order valence-electron chi connectivity index (χ2n) is 6.72. The summed E-state index contributed by atoms with van der Waals surface area (Å²) in [6.07, 6.45) is 1.83. The van der Waals surface area contributed by atoms with Crippen molar-refractivity contribution in [2.45, 2.75) is 26.6 Å². The van der Waals surface area contributed by atoms with E-state index in [1.807, 2.05) is 55.4 Å². The van der Waals surface area contributed by atoms with Crippen LogP contribution >= 0.6 is 0 Å². The SMILES string of the molecule is CCNC(=NCc1ccc(F)c(CO)c1)N(C)Cc1ncc(-c2ccccc2)[nH]1. The highest BCUT2D eigenvalue weighted by atomic mass is 19.1. The number of halogens is 1. The van der Waals surface area contributed by atoms with E-state index < -0.39 is 5.82 Å². The lowest BCUT2D eigenvalue weighted by Crippen LogP contribution is -2.38. The van der Waals surface area contributed by atoms with Gasteiger partial charge in [-0.3, -0.25) is 0 Å². The monoisotopic (exact) mass is 395 g/mol. The highest BCUT2D eigenvalue weighted by molar-refractivity contribution is 5.79. The zero-order chi connectivity index (χ0) is 20.6. The molecule has 29 heavy (non-hydrogen) atoms. The third-order valence-electron chi connectivity index (χ3n) is 4.49. The number of hydrogen-bond donors (Lipinski definition) is 3. The Morgan fingerprint density at radius 3 is 2.76 bits per heavy atom. The maximum absolute atomic E-state index is 13.6. The number of nitrogens with one attached hydrogen (secondary N) is 2. The van der Waals surface area contributed by atoms with E-state index in [9.17, 15) is 9.50 Å². The molecule has 3 rings (SSSR count). The summed E-state index contributed by atoms with van der Waals surface area (Å²) in [5.74, 6) is 1.15. The first kappa shape index (κ1) is 20.5. The lowest BCUT2D eigenvalue weighted by molar-refractivity contribution is 0.275. The molecule has 2 aromatic carbocycles. The van der Waals surface area contributed by atoms with Gasteiger partial charge in [0.2, 0.25) is 0 Å². The van der Waals surface area contributed by atoms with E-state index in [1.54, 1.807) is 12.1 Å². The molecule has 0 unspecified atom stereocenters. The minimum Gasteiger partial charge on any atom is -0.392 e. The molecule has 0 bridgehead atoms. The highest BCUT2D eigenvalue weighted by Gasteiger charge is 2.10. The Bertz CT molecular complexity index is 955. The molecule has 152 valence electrons. The minimum atomic E-state index is -0.406. The van der Waals surface area contributed by atoms with Gasteiger partial charge >= 0.3 is 0 Å². The second kappa shape index (κ2) is 9.84. The first-order valence-electron chi connectivity index (χ1n) is 9.57. The Kier molecular flexibility index (Phi) is 6.97. The summed E-state index contributed by atoms with van der Waals surface area (Å²) in [4.78, 5) is 14.4. The average Bonchev–Trinajstić information content (AvgIpc) is 3.21. The van der Waals surface area contributed by atoms with Crippen LogP contribution in [0.2, 0.25) is 0 Å². The highest BCUT2D eigenvalue weighted by Crippen LogP contribution is 2.16. The predicted octanol–water partition coefficient (Wildman–Crippen LogP) is 3.31. The number of aliphatic imine (C=N–C) groups is 1. The summed E-state index contributed by atoms with van der Waals surface area (Å²) in [7, 11) is 1.94. The van der Waals surface area contributed by atoms with Crippen LogP contribution in [0.3, 0.4) is 0 Å². The third-order valence-corrected chi connectivity index (χ3v) is 4.49. The lowest BCUT2D eigenvalue weighted by atomic mass is 10.1. The maximum Gasteiger partial charge on any atom is 0.194 e. The largest absolute Gasteiger partial charge is 0.392 e. The van der Waals surface area contributed by atoms with Gasteiger partial charge in [-0.05, 0) is 30.2 Å². The van der Waals surface area contributed by atoms with E-state index in [4.69, 9.17) is 0 Å². The summed E-state index contributed by atoms with van der Waals surface area (Å²) < 4.78 is 13.6. The van der Waals surface area contributed by atoms with Crippen molar-refractivity contribution in [3.63, 3.8) is 0 Å². The Morgan fingerprint density at radius 2 is 2.03 bits per heavy atom. The molecule has 3 N–H and O–H groups in total. The molecular weight excluding hydrogens is 369 g/mol. The van der Waals surface area contributed by atoms with Crippen molar-refractivity contribution in [2.75, 3.05) is 13.6 Å². The third kappa shape index (κ3) is 5.42. The van der Waals surface area contributed by atoms with Gasteiger partial charge in [-0.2, -0.15) is 0 Å². The van der Waals surface area contributed by atoms with Crippen molar-refractivity contribution < 1.29 is 9.50 Å². The van der Waals surface area contributed by atoms with Crippen molar-refractivity contribution >= 4 is 5.96 Å². The lowest BCUT2D eigenvalue weighted by Gasteiger charge is -2.21. The molecule has 0 aliphatic heterocycles. The second-order valence-corrected chi connectivity index (χ2v) is 6.72. The van der Waals surface area contributed by atoms with Gasteiger partial charge in [0.1, 0.15) is 11.6 Å². The maximum atomic E-state index is 13.6. The fraction of sp³-hybridized carbons (Fsp3) is 0.273. The zero-order valence-corrected chi connectivity index (χ0v) is 16.7. The first-order chi connectivity index (χ1) is 14.1. The van der Waals surface area contributed by atoms with Crippen LogP contribution < -0.4 is 5.32 Å². The van der Waals surface area contributed by atoms with Gasteiger partial charge in [-0.25, -0.2) is 14.4 Å². The zero-order valence-electron chi connectivity index (χ0n) is 16.7. The number of aliphatic hydroxyl groups is 1. The minimum absolute atomic E-state index is 0.278. The fourth-order valence-corrected chi connectivity index (χ4v) is 2.99. The summed E-state index contributed by atoms with van der Waals surface area (Å²) in [6, 6.07) is 14.7. The molecule has 7 heteroatoms. The number of nitrogens with zero attached hydrogens (tertiary/aromatic N) is 3. The van der Waals surface area contributed by atoms with Gasteiger partial charge < -0.3 is 20.3 Å². The molecule has 3 aromatic rings. The number of imidazole rings is 1. The van der Waals surface area contributed by atoms with E-state index in [-0.39, 0.29) is 12.2 Å². The summed E-state index contributed by atoms with van der Waals surface area (Å²) in [6.45, 7) is 3.34. The number of aliphatic hydroxyl groups excluding tert-OH is 1. The quantitative estimate of drug-likeness (QED) is 0.424. The average molecular weight is 395 g/mol. The molecule has 1 heterocycles. The number of aromatic nitrogens is 2. The van der Waals surface area contributed by atoms with Gasteiger partial charge in [-0.15, -0.1) is 0 Å². The van der Waals surface area contributed by atoms with E-state index in [0.29, 0.717) is 13.1 Å². The van der Waals surface area contributed by atoms with Crippen LogP contribution in [0.25, 0.3) is 11.3 Å². The van der Waals surface area contributed by atoms with E-state index in [2.05, 4.69) is 20.3 Å². The van der Waals surface area contributed by atoms with Crippen LogP contribution in [0.15, 0.2) is 59.7 Å². The normalized spacial score (nSPS) is 11.5. The van der Waals surface area contributed by atoms with Gasteiger partial charge in [-0.1, -0.05) is 36.4 Å². The Labute approximate surface area is 170 Å². The number of hydrogen-bond acceptors (Lipinski definition) is 3. The van der Waals surface area contributed by atoms with Crippen molar-refractivity contribution in [1.29, 1.82) is 0 Å². The van der Waals surface area contributed by atoms with Crippen molar-refractivity contribution in [1.82, 2.24) is 20.2 Å². The molecular formula is C22H26FN5O. The summed E-state index contributed by atoms with van der Waals surface area (Å²) in [5.41, 5.74) is 3.17. The first-order valence-corrected chi connectivity index (χ1v) is 9.57. The number of rotatable bonds is 7. The summed E-state index contributed by atoms with van der Waals surface area (Å²) >= 11 is 0. The van der Waals surface area contributed by atoms with Crippen LogP contribution in [0.1, 0.15) is 23.9 Å². The summed E-state index contributed by atoms with van der Waals surface area (Å²) in [5, 5.41) is 12.5. The Balaban J connectivity index is 1.70. The number of aromatic amines is 1. The Hall–Kier alpha value is -3.19. The molecule has 0 atom stereocenters. The molecule has 0 saturated heterocycles. The standard InChI is InChI=1S/C22H26FN5O/c1-3-24-22(26-12-16-9-10-19(23)18(11-16)15-29)28(2)14-21-25-13-20(27-21)17-7-5-4-6-8-17/h4-11,13,29H,3,12,14-15H2,1-2H3,(H,24,26)(H,25,27). The number of guanidine groups is 1.